The lowest BCUT2D eigenvalue weighted by atomic mass is 9.98. The summed E-state index contributed by atoms with van der Waals surface area (Å²) in [6.45, 7) is 2.69. The molecule has 0 aliphatic heterocycles. The molecule has 100 valence electrons. The van der Waals surface area contributed by atoms with Crippen LogP contribution in [0.3, 0.4) is 0 Å². The average Bonchev–Trinajstić information content (AvgIpc) is 2.47. The second kappa shape index (κ2) is 6.69. The molecule has 2 aromatic carbocycles. The molecule has 2 rings (SSSR count). The molecule has 0 bridgehead atoms. The molecule has 19 heavy (non-hydrogen) atoms. The Bertz CT molecular complexity index is 527. The van der Waals surface area contributed by atoms with E-state index in [1.54, 1.807) is 0 Å². The van der Waals surface area contributed by atoms with E-state index in [0.717, 1.165) is 15.4 Å². The Labute approximate surface area is 131 Å². The predicted octanol–water partition coefficient (Wildman–Crippen LogP) is 5.28. The zero-order valence-corrected chi connectivity index (χ0v) is 13.9. The third-order valence-electron chi connectivity index (χ3n) is 3.14. The molecule has 1 atom stereocenters. The summed E-state index contributed by atoms with van der Waals surface area (Å²) >= 11 is 7.11. The Kier molecular flexibility index (Phi) is 5.20. The lowest BCUT2D eigenvalue weighted by molar-refractivity contribution is -0.0291. The Morgan fingerprint density at radius 1 is 1.00 bits per heavy atom. The molecule has 0 aromatic heterocycles. The van der Waals surface area contributed by atoms with Crippen LogP contribution < -0.4 is 0 Å². The van der Waals surface area contributed by atoms with Crippen LogP contribution in [0.25, 0.3) is 0 Å². The second-order valence-corrected chi connectivity index (χ2v) is 6.03. The minimum atomic E-state index is -0.323. The van der Waals surface area contributed by atoms with Gasteiger partial charge in [0.1, 0.15) is 5.60 Å². The largest absolute Gasteiger partial charge is 0.365 e. The highest BCUT2D eigenvalue weighted by Gasteiger charge is 2.26. The molecule has 0 spiro atoms. The van der Waals surface area contributed by atoms with Gasteiger partial charge < -0.3 is 4.74 Å². The van der Waals surface area contributed by atoms with Gasteiger partial charge in [0, 0.05) is 9.80 Å². The minimum Gasteiger partial charge on any atom is -0.365 e. The first kappa shape index (κ1) is 14.8. The van der Waals surface area contributed by atoms with Crippen LogP contribution in [0.4, 0.5) is 0 Å². The monoisotopic (exact) mass is 382 g/mol. The van der Waals surface area contributed by atoms with Crippen LogP contribution in [0, 0.1) is 0 Å². The molecular formula is C16H16Br2O. The molecule has 3 heteroatoms. The molecule has 1 nitrogen and oxygen atoms in total. The Balaban J connectivity index is 2.14. The molecule has 0 heterocycles. The van der Waals surface area contributed by atoms with Crippen molar-refractivity contribution in [1.29, 1.82) is 0 Å². The van der Waals surface area contributed by atoms with Crippen LogP contribution in [-0.4, -0.2) is 5.33 Å². The highest BCUT2D eigenvalue weighted by atomic mass is 79.9. The summed E-state index contributed by atoms with van der Waals surface area (Å²) in [6, 6.07) is 18.4. The zero-order valence-electron chi connectivity index (χ0n) is 10.8. The fraction of sp³-hybridized carbons (Fsp3) is 0.250. The van der Waals surface area contributed by atoms with Gasteiger partial charge in [-0.1, -0.05) is 80.4 Å². The van der Waals surface area contributed by atoms with E-state index in [1.165, 1.54) is 5.56 Å². The van der Waals surface area contributed by atoms with E-state index in [1.807, 2.05) is 36.4 Å². The summed E-state index contributed by atoms with van der Waals surface area (Å²) in [4.78, 5) is 0. The third kappa shape index (κ3) is 3.68. The van der Waals surface area contributed by atoms with Crippen LogP contribution >= 0.6 is 31.9 Å². The number of alkyl halides is 1. The predicted molar refractivity (Wildman–Crippen MR) is 86.5 cm³/mol. The lowest BCUT2D eigenvalue weighted by Gasteiger charge is -2.28. The molecule has 0 radical (unpaired) electrons. The van der Waals surface area contributed by atoms with Crippen molar-refractivity contribution >= 4 is 31.9 Å². The molecule has 0 fully saturated rings. The standard InChI is InChI=1S/C16H16Br2O/c1-16(12-17,14-8-3-2-4-9-14)19-11-13-7-5-6-10-15(13)18/h2-10H,11-12H2,1H3. The van der Waals surface area contributed by atoms with Gasteiger partial charge in [-0.3, -0.25) is 0 Å². The van der Waals surface area contributed by atoms with Gasteiger partial charge in [-0.2, -0.15) is 0 Å². The van der Waals surface area contributed by atoms with E-state index in [0.29, 0.717) is 6.61 Å². The van der Waals surface area contributed by atoms with Gasteiger partial charge in [-0.15, -0.1) is 0 Å². The number of halogens is 2. The summed E-state index contributed by atoms with van der Waals surface area (Å²) < 4.78 is 7.24. The van der Waals surface area contributed by atoms with Crippen molar-refractivity contribution in [3.63, 3.8) is 0 Å². The zero-order chi connectivity index (χ0) is 13.7. The number of hydrogen-bond donors (Lipinski definition) is 0. The number of hydrogen-bond acceptors (Lipinski definition) is 1. The Morgan fingerprint density at radius 3 is 2.26 bits per heavy atom. The van der Waals surface area contributed by atoms with Crippen LogP contribution in [0.5, 0.6) is 0 Å². The number of rotatable bonds is 5. The second-order valence-electron chi connectivity index (χ2n) is 4.61. The molecular weight excluding hydrogens is 368 g/mol. The van der Waals surface area contributed by atoms with Gasteiger partial charge in [0.15, 0.2) is 0 Å². The maximum Gasteiger partial charge on any atom is 0.100 e. The van der Waals surface area contributed by atoms with Crippen molar-refractivity contribution in [3.8, 4) is 0 Å². The molecule has 0 aliphatic carbocycles. The van der Waals surface area contributed by atoms with Crippen LogP contribution in [-0.2, 0) is 16.9 Å². The van der Waals surface area contributed by atoms with E-state index in [-0.39, 0.29) is 5.60 Å². The highest BCUT2D eigenvalue weighted by molar-refractivity contribution is 9.10. The first-order chi connectivity index (χ1) is 9.15. The fourth-order valence-electron chi connectivity index (χ4n) is 1.84. The average molecular weight is 384 g/mol. The Morgan fingerprint density at radius 2 is 1.63 bits per heavy atom. The van der Waals surface area contributed by atoms with Crippen molar-refractivity contribution in [3.05, 3.63) is 70.2 Å². The van der Waals surface area contributed by atoms with Crippen molar-refractivity contribution in [2.45, 2.75) is 19.1 Å². The maximum absolute atomic E-state index is 6.15. The van der Waals surface area contributed by atoms with Gasteiger partial charge in [-0.05, 0) is 24.1 Å². The first-order valence-electron chi connectivity index (χ1n) is 6.14. The van der Waals surface area contributed by atoms with Gasteiger partial charge in [0.05, 0.1) is 6.61 Å². The van der Waals surface area contributed by atoms with E-state index >= 15 is 0 Å². The lowest BCUT2D eigenvalue weighted by Crippen LogP contribution is -2.27. The van der Waals surface area contributed by atoms with Crippen LogP contribution in [0.15, 0.2) is 59.1 Å². The van der Waals surface area contributed by atoms with E-state index in [9.17, 15) is 0 Å². The summed E-state index contributed by atoms with van der Waals surface area (Å²) in [6.07, 6.45) is 0. The Hall–Kier alpha value is -0.640. The summed E-state index contributed by atoms with van der Waals surface area (Å²) in [5.74, 6) is 0. The topological polar surface area (TPSA) is 9.23 Å². The van der Waals surface area contributed by atoms with E-state index < -0.39 is 0 Å². The van der Waals surface area contributed by atoms with Gasteiger partial charge >= 0.3 is 0 Å². The van der Waals surface area contributed by atoms with Crippen molar-refractivity contribution in [2.24, 2.45) is 0 Å². The summed E-state index contributed by atoms with van der Waals surface area (Å²) in [5, 5.41) is 0.758. The quantitative estimate of drug-likeness (QED) is 0.638. The number of ether oxygens (including phenoxy) is 1. The molecule has 0 saturated heterocycles. The minimum absolute atomic E-state index is 0.323. The molecule has 2 aromatic rings. The smallest absolute Gasteiger partial charge is 0.100 e. The molecule has 0 aliphatic rings. The van der Waals surface area contributed by atoms with E-state index in [2.05, 4.69) is 57.0 Å². The third-order valence-corrected chi connectivity index (χ3v) is 4.99. The van der Waals surface area contributed by atoms with Gasteiger partial charge in [-0.25, -0.2) is 0 Å². The van der Waals surface area contributed by atoms with Gasteiger partial charge in [0.25, 0.3) is 0 Å². The van der Waals surface area contributed by atoms with Crippen LogP contribution in [0.2, 0.25) is 0 Å². The highest BCUT2D eigenvalue weighted by Crippen LogP contribution is 2.29. The van der Waals surface area contributed by atoms with Gasteiger partial charge in [0.2, 0.25) is 0 Å². The first-order valence-corrected chi connectivity index (χ1v) is 8.06. The summed E-state index contributed by atoms with van der Waals surface area (Å²) in [5.41, 5.74) is 2.01. The maximum atomic E-state index is 6.15. The van der Waals surface area contributed by atoms with Crippen molar-refractivity contribution in [1.82, 2.24) is 0 Å². The SMILES string of the molecule is CC(CBr)(OCc1ccccc1Br)c1ccccc1. The van der Waals surface area contributed by atoms with Crippen molar-refractivity contribution < 1.29 is 4.74 Å². The molecule has 0 N–H and O–H groups in total. The molecule has 0 amide bonds. The van der Waals surface area contributed by atoms with Crippen LogP contribution in [0.1, 0.15) is 18.1 Å². The molecule has 1 unspecified atom stereocenters. The summed E-state index contributed by atoms with van der Waals surface area (Å²) in [7, 11) is 0. The normalized spacial score (nSPS) is 14.1. The van der Waals surface area contributed by atoms with E-state index in [4.69, 9.17) is 4.74 Å². The van der Waals surface area contributed by atoms with Crippen molar-refractivity contribution in [2.75, 3.05) is 5.33 Å². The fourth-order valence-corrected chi connectivity index (χ4v) is 2.73. The number of benzene rings is 2. The molecule has 0 saturated carbocycles.